The first kappa shape index (κ1) is 15.7. The largest absolute Gasteiger partial charge is 0.372 e. The van der Waals surface area contributed by atoms with E-state index < -0.39 is 0 Å². The number of carbonyl (C=O) groups is 1. The maximum absolute atomic E-state index is 13.0. The Balaban J connectivity index is 1.53. The fourth-order valence-corrected chi connectivity index (χ4v) is 6.80. The Kier molecular flexibility index (Phi) is 4.77. The van der Waals surface area contributed by atoms with Crippen LogP contribution < -0.4 is 0 Å². The Labute approximate surface area is 142 Å². The van der Waals surface area contributed by atoms with Crippen molar-refractivity contribution in [2.45, 2.75) is 56.1 Å². The molecule has 0 bridgehead atoms. The highest BCUT2D eigenvalue weighted by Crippen LogP contribution is 2.35. The molecule has 0 amide bonds. The summed E-state index contributed by atoms with van der Waals surface area (Å²) in [5, 5.41) is 0.270. The number of Topliss-reactive ketones (excluding diaryl/α,β-unsaturated/α-hetero) is 1. The smallest absolute Gasteiger partial charge is 0.215 e. The summed E-state index contributed by atoms with van der Waals surface area (Å²) in [5.74, 6) is 3.34. The number of hydrogen-bond donors (Lipinski definition) is 0. The second-order valence-electron chi connectivity index (χ2n) is 7.20. The summed E-state index contributed by atoms with van der Waals surface area (Å²) >= 11 is 0. The molecule has 124 valence electrons. The Morgan fingerprint density at radius 1 is 1.00 bits per heavy atom. The average Bonchev–Trinajstić information content (AvgIpc) is 2.63. The van der Waals surface area contributed by atoms with Gasteiger partial charge in [0.2, 0.25) is 5.78 Å². The SMILES string of the molecule is O=C1c2ccc(C3CCCCC3)cc2CCC1[S+]1CCOCC1. The van der Waals surface area contributed by atoms with E-state index in [-0.39, 0.29) is 16.1 Å². The van der Waals surface area contributed by atoms with Crippen molar-refractivity contribution in [1.82, 2.24) is 0 Å². The first-order chi connectivity index (χ1) is 11.3. The van der Waals surface area contributed by atoms with E-state index in [1.165, 1.54) is 43.2 Å². The zero-order chi connectivity index (χ0) is 15.6. The van der Waals surface area contributed by atoms with Crippen LogP contribution in [0.1, 0.15) is 65.9 Å². The number of benzene rings is 1. The molecule has 1 saturated carbocycles. The molecule has 0 spiro atoms. The molecule has 1 heterocycles. The summed E-state index contributed by atoms with van der Waals surface area (Å²) in [6.45, 7) is 1.70. The third-order valence-electron chi connectivity index (χ3n) is 5.82. The van der Waals surface area contributed by atoms with Crippen molar-refractivity contribution in [1.29, 1.82) is 0 Å². The molecule has 1 aromatic carbocycles. The maximum Gasteiger partial charge on any atom is 0.215 e. The van der Waals surface area contributed by atoms with Crippen LogP contribution >= 0.6 is 0 Å². The van der Waals surface area contributed by atoms with E-state index in [1.54, 1.807) is 0 Å². The Bertz CT molecular complexity index is 571. The molecule has 1 unspecified atom stereocenters. The number of aryl methyl sites for hydroxylation is 1. The van der Waals surface area contributed by atoms with Crippen LogP contribution in [0, 0.1) is 0 Å². The lowest BCUT2D eigenvalue weighted by molar-refractivity contribution is 0.0976. The van der Waals surface area contributed by atoms with Gasteiger partial charge in [-0.2, -0.15) is 0 Å². The number of rotatable bonds is 2. The van der Waals surface area contributed by atoms with Gasteiger partial charge in [0, 0.05) is 22.9 Å². The number of hydrogen-bond acceptors (Lipinski definition) is 2. The van der Waals surface area contributed by atoms with Crippen molar-refractivity contribution in [2.24, 2.45) is 0 Å². The first-order valence-electron chi connectivity index (χ1n) is 9.24. The zero-order valence-corrected chi connectivity index (χ0v) is 14.7. The van der Waals surface area contributed by atoms with Gasteiger partial charge in [-0.05, 0) is 36.3 Å². The minimum atomic E-state index is 0.247. The van der Waals surface area contributed by atoms with Gasteiger partial charge >= 0.3 is 0 Å². The third-order valence-corrected chi connectivity index (χ3v) is 8.46. The maximum atomic E-state index is 13.0. The van der Waals surface area contributed by atoms with Gasteiger partial charge in [-0.15, -0.1) is 0 Å². The van der Waals surface area contributed by atoms with Gasteiger partial charge in [0.1, 0.15) is 11.5 Å². The second kappa shape index (κ2) is 6.98. The van der Waals surface area contributed by atoms with E-state index >= 15 is 0 Å². The van der Waals surface area contributed by atoms with Crippen LogP contribution in [0.4, 0.5) is 0 Å². The molecule has 4 rings (SSSR count). The average molecular weight is 332 g/mol. The molecule has 3 heteroatoms. The molecule has 1 aromatic rings. The van der Waals surface area contributed by atoms with Crippen LogP contribution in [-0.4, -0.2) is 35.8 Å². The predicted octanol–water partition coefficient (Wildman–Crippen LogP) is 3.88. The van der Waals surface area contributed by atoms with Gasteiger partial charge in [-0.25, -0.2) is 0 Å². The summed E-state index contributed by atoms with van der Waals surface area (Å²) < 4.78 is 5.47. The molecule has 2 nitrogen and oxygen atoms in total. The van der Waals surface area contributed by atoms with Gasteiger partial charge in [0.15, 0.2) is 5.25 Å². The molecular formula is C20H27O2S+. The van der Waals surface area contributed by atoms with Crippen LogP contribution in [-0.2, 0) is 22.1 Å². The van der Waals surface area contributed by atoms with Crippen molar-refractivity contribution in [3.63, 3.8) is 0 Å². The highest BCUT2D eigenvalue weighted by molar-refractivity contribution is 7.98. The van der Waals surface area contributed by atoms with E-state index in [4.69, 9.17) is 4.74 Å². The van der Waals surface area contributed by atoms with E-state index in [1.807, 2.05) is 0 Å². The van der Waals surface area contributed by atoms with Crippen LogP contribution in [0.15, 0.2) is 18.2 Å². The summed E-state index contributed by atoms with van der Waals surface area (Å²) in [6.07, 6.45) is 8.95. The van der Waals surface area contributed by atoms with E-state index in [0.717, 1.165) is 49.0 Å². The first-order valence-corrected chi connectivity index (χ1v) is 10.9. The lowest BCUT2D eigenvalue weighted by Gasteiger charge is -2.28. The van der Waals surface area contributed by atoms with Crippen LogP contribution in [0.3, 0.4) is 0 Å². The van der Waals surface area contributed by atoms with Gasteiger partial charge in [0.05, 0.1) is 13.2 Å². The molecule has 1 aliphatic heterocycles. The summed E-state index contributed by atoms with van der Waals surface area (Å²) in [6, 6.07) is 6.77. The normalized spacial score (nSPS) is 27.0. The van der Waals surface area contributed by atoms with Crippen molar-refractivity contribution in [2.75, 3.05) is 24.7 Å². The molecule has 23 heavy (non-hydrogen) atoms. The van der Waals surface area contributed by atoms with Gasteiger partial charge in [-0.3, -0.25) is 4.79 Å². The molecule has 1 saturated heterocycles. The van der Waals surface area contributed by atoms with Crippen molar-refractivity contribution in [3.05, 3.63) is 34.9 Å². The van der Waals surface area contributed by atoms with Crippen LogP contribution in [0.25, 0.3) is 0 Å². The third kappa shape index (κ3) is 3.23. The number of ether oxygens (including phenoxy) is 1. The molecule has 1 atom stereocenters. The predicted molar refractivity (Wildman–Crippen MR) is 96.6 cm³/mol. The molecule has 3 aliphatic rings. The highest BCUT2D eigenvalue weighted by Gasteiger charge is 2.41. The fourth-order valence-electron chi connectivity index (χ4n) is 4.48. The Morgan fingerprint density at radius 3 is 2.57 bits per heavy atom. The summed E-state index contributed by atoms with van der Waals surface area (Å²) in [4.78, 5) is 13.0. The number of ketones is 1. The Morgan fingerprint density at radius 2 is 1.78 bits per heavy atom. The Hall–Kier alpha value is -0.800. The fraction of sp³-hybridized carbons (Fsp3) is 0.650. The second-order valence-corrected chi connectivity index (χ2v) is 9.66. The topological polar surface area (TPSA) is 26.3 Å². The van der Waals surface area contributed by atoms with E-state index in [0.29, 0.717) is 5.78 Å². The van der Waals surface area contributed by atoms with Gasteiger partial charge in [0.25, 0.3) is 0 Å². The van der Waals surface area contributed by atoms with Gasteiger partial charge < -0.3 is 4.74 Å². The minimum absolute atomic E-state index is 0.247. The molecule has 2 aliphatic carbocycles. The standard InChI is InChI=1S/C20H27O2S/c21-20-18-8-6-16(15-4-2-1-3-5-15)14-17(18)7-9-19(20)23-12-10-22-11-13-23/h6,8,14-15,19H,1-5,7,9-13H2/q+1. The lowest BCUT2D eigenvalue weighted by Crippen LogP contribution is -2.42. The lowest BCUT2D eigenvalue weighted by atomic mass is 9.81. The molecular weight excluding hydrogens is 304 g/mol. The number of fused-ring (bicyclic) bond motifs is 1. The molecule has 2 fully saturated rings. The van der Waals surface area contributed by atoms with E-state index in [9.17, 15) is 4.79 Å². The summed E-state index contributed by atoms with van der Waals surface area (Å²) in [5.41, 5.74) is 3.84. The molecule has 0 radical (unpaired) electrons. The van der Waals surface area contributed by atoms with Crippen molar-refractivity contribution in [3.8, 4) is 0 Å². The van der Waals surface area contributed by atoms with Gasteiger partial charge in [-0.1, -0.05) is 37.5 Å². The quantitative estimate of drug-likeness (QED) is 0.769. The monoisotopic (exact) mass is 331 g/mol. The highest BCUT2D eigenvalue weighted by atomic mass is 32.2. The van der Waals surface area contributed by atoms with E-state index in [2.05, 4.69) is 18.2 Å². The minimum Gasteiger partial charge on any atom is -0.372 e. The zero-order valence-electron chi connectivity index (χ0n) is 13.9. The number of carbonyl (C=O) groups excluding carboxylic acids is 1. The van der Waals surface area contributed by atoms with Crippen LogP contribution in [0.2, 0.25) is 0 Å². The molecule has 0 aromatic heterocycles. The van der Waals surface area contributed by atoms with Crippen LogP contribution in [0.5, 0.6) is 0 Å². The van der Waals surface area contributed by atoms with Crippen molar-refractivity contribution >= 4 is 16.7 Å². The van der Waals surface area contributed by atoms with Crippen molar-refractivity contribution < 1.29 is 9.53 Å². The molecule has 0 N–H and O–H groups in total. The summed E-state index contributed by atoms with van der Waals surface area (Å²) in [7, 11) is 0.247.